The quantitative estimate of drug-likeness (QED) is 0.215. The summed E-state index contributed by atoms with van der Waals surface area (Å²) < 4.78 is 15.3. The monoisotopic (exact) mass is 558 g/mol. The van der Waals surface area contributed by atoms with Crippen molar-refractivity contribution in [1.82, 2.24) is 4.98 Å². The lowest BCUT2D eigenvalue weighted by Crippen LogP contribution is -2.09. The van der Waals surface area contributed by atoms with E-state index in [0.717, 1.165) is 55.7 Å². The molecule has 9 aromatic rings. The van der Waals surface area contributed by atoms with E-state index in [-0.39, 0.29) is 0 Å². The third-order valence-corrected chi connectivity index (χ3v) is 9.10. The number of fused-ring (bicyclic) bond motifs is 8. The van der Waals surface area contributed by atoms with Gasteiger partial charge in [-0.05, 0) is 60.7 Å². The Balaban J connectivity index is 1.26. The Morgan fingerprint density at radius 3 is 2.24 bits per heavy atom. The highest BCUT2D eigenvalue weighted by atomic mass is 32.1. The van der Waals surface area contributed by atoms with E-state index in [1.165, 1.54) is 20.2 Å². The zero-order valence-electron chi connectivity index (χ0n) is 22.3. The van der Waals surface area contributed by atoms with Crippen LogP contribution >= 0.6 is 11.3 Å². The van der Waals surface area contributed by atoms with E-state index in [1.807, 2.05) is 53.8 Å². The van der Waals surface area contributed by atoms with Gasteiger partial charge >= 0.3 is 0 Å². The molecule has 0 saturated heterocycles. The Bertz CT molecular complexity index is 2420. The van der Waals surface area contributed by atoms with Crippen LogP contribution in [0.1, 0.15) is 0 Å². The molecule has 0 saturated carbocycles. The van der Waals surface area contributed by atoms with Crippen LogP contribution in [0.3, 0.4) is 0 Å². The van der Waals surface area contributed by atoms with E-state index in [0.29, 0.717) is 5.89 Å². The van der Waals surface area contributed by atoms with Crippen LogP contribution < -0.4 is 4.90 Å². The molecule has 0 radical (unpaired) electrons. The van der Waals surface area contributed by atoms with Crippen molar-refractivity contribution in [2.75, 3.05) is 4.90 Å². The average Bonchev–Trinajstić information content (AvgIpc) is 3.75. The van der Waals surface area contributed by atoms with Gasteiger partial charge < -0.3 is 13.7 Å². The predicted octanol–water partition coefficient (Wildman–Crippen LogP) is 11.2. The molecule has 3 aromatic heterocycles. The van der Waals surface area contributed by atoms with E-state index >= 15 is 0 Å². The van der Waals surface area contributed by atoms with Gasteiger partial charge in [0.1, 0.15) is 16.7 Å². The summed E-state index contributed by atoms with van der Waals surface area (Å²) in [6.45, 7) is 0. The molecule has 9 rings (SSSR count). The number of aromatic nitrogens is 1. The molecule has 3 heterocycles. The van der Waals surface area contributed by atoms with Gasteiger partial charge in [-0.3, -0.25) is 0 Å². The van der Waals surface area contributed by atoms with Gasteiger partial charge in [0.2, 0.25) is 5.89 Å². The first kappa shape index (κ1) is 23.3. The highest BCUT2D eigenvalue weighted by Crippen LogP contribution is 2.46. The van der Waals surface area contributed by atoms with Crippen LogP contribution in [0.15, 0.2) is 142 Å². The van der Waals surface area contributed by atoms with Gasteiger partial charge in [-0.15, -0.1) is 11.3 Å². The first-order valence-electron chi connectivity index (χ1n) is 13.9. The number of nitrogens with zero attached hydrogens (tertiary/aromatic N) is 2. The molecule has 4 nitrogen and oxygen atoms in total. The van der Waals surface area contributed by atoms with Crippen LogP contribution in [-0.4, -0.2) is 4.98 Å². The number of hydrogen-bond acceptors (Lipinski definition) is 5. The molecule has 0 bridgehead atoms. The fourth-order valence-corrected chi connectivity index (χ4v) is 7.20. The number of benzene rings is 6. The third-order valence-electron chi connectivity index (χ3n) is 7.89. The van der Waals surface area contributed by atoms with Crippen molar-refractivity contribution < 1.29 is 8.83 Å². The van der Waals surface area contributed by atoms with Crippen LogP contribution in [-0.2, 0) is 0 Å². The molecule has 6 aromatic carbocycles. The van der Waals surface area contributed by atoms with Crippen molar-refractivity contribution in [1.29, 1.82) is 0 Å². The number of hydrogen-bond donors (Lipinski definition) is 0. The zero-order chi connectivity index (χ0) is 27.6. The molecular formula is C37H22N2O2S. The van der Waals surface area contributed by atoms with Crippen molar-refractivity contribution in [3.8, 4) is 11.5 Å². The molecule has 0 atom stereocenters. The summed E-state index contributed by atoms with van der Waals surface area (Å²) in [5, 5.41) is 4.50. The summed E-state index contributed by atoms with van der Waals surface area (Å²) in [6.07, 6.45) is 0. The molecule has 0 aliphatic heterocycles. The minimum Gasteiger partial charge on any atom is -0.456 e. The molecule has 0 fully saturated rings. The highest BCUT2D eigenvalue weighted by molar-refractivity contribution is 7.26. The van der Waals surface area contributed by atoms with Gasteiger partial charge in [0.15, 0.2) is 5.58 Å². The van der Waals surface area contributed by atoms with Crippen LogP contribution in [0.25, 0.3) is 64.7 Å². The predicted molar refractivity (Wildman–Crippen MR) is 174 cm³/mol. The number of oxazole rings is 1. The second kappa shape index (κ2) is 9.06. The minimum atomic E-state index is 0.607. The van der Waals surface area contributed by atoms with E-state index in [9.17, 15) is 0 Å². The maximum atomic E-state index is 6.46. The maximum Gasteiger partial charge on any atom is 0.227 e. The summed E-state index contributed by atoms with van der Waals surface area (Å²) in [7, 11) is 0. The molecule has 0 N–H and O–H groups in total. The second-order valence-corrected chi connectivity index (χ2v) is 11.4. The lowest BCUT2D eigenvalue weighted by Gasteiger charge is -2.26. The first-order chi connectivity index (χ1) is 20.8. The number of anilines is 3. The number of furan rings is 1. The second-order valence-electron chi connectivity index (χ2n) is 10.4. The largest absolute Gasteiger partial charge is 0.456 e. The fourth-order valence-electron chi connectivity index (χ4n) is 5.99. The Morgan fingerprint density at radius 2 is 1.36 bits per heavy atom. The van der Waals surface area contributed by atoms with Crippen molar-refractivity contribution in [2.45, 2.75) is 0 Å². The van der Waals surface area contributed by atoms with E-state index in [4.69, 9.17) is 13.8 Å². The molecule has 198 valence electrons. The first-order valence-corrected chi connectivity index (χ1v) is 14.7. The standard InChI is InChI=1S/C37H22N2O2S/c1-3-10-23(11-4-1)37-38-29-20-21-31-34(35(29)41-37)28-19-18-25(22-32(28)40-31)39(24-12-5-2-6-13-24)30-16-9-15-27-26-14-7-8-17-33(26)42-36(27)30/h1-22H. The van der Waals surface area contributed by atoms with E-state index < -0.39 is 0 Å². The lowest BCUT2D eigenvalue weighted by molar-refractivity contribution is 0.622. The third kappa shape index (κ3) is 3.51. The average molecular weight is 559 g/mol. The van der Waals surface area contributed by atoms with Crippen LogP contribution in [0.4, 0.5) is 17.1 Å². The molecule has 0 amide bonds. The highest BCUT2D eigenvalue weighted by Gasteiger charge is 2.21. The van der Waals surface area contributed by atoms with Crippen molar-refractivity contribution in [3.63, 3.8) is 0 Å². The van der Waals surface area contributed by atoms with E-state index in [2.05, 4.69) is 95.9 Å². The summed E-state index contributed by atoms with van der Waals surface area (Å²) in [5.74, 6) is 0.607. The topological polar surface area (TPSA) is 42.4 Å². The SMILES string of the molecule is c1ccc(-c2nc3ccc4oc5cc(N(c6ccccc6)c6cccc7c6sc6ccccc67)ccc5c4c3o2)cc1. The number of para-hydroxylation sites is 1. The Labute approximate surface area is 244 Å². The number of thiophene rings is 1. The van der Waals surface area contributed by atoms with E-state index in [1.54, 1.807) is 0 Å². The van der Waals surface area contributed by atoms with Crippen LogP contribution in [0, 0.1) is 0 Å². The number of rotatable bonds is 4. The molecule has 42 heavy (non-hydrogen) atoms. The maximum absolute atomic E-state index is 6.46. The lowest BCUT2D eigenvalue weighted by atomic mass is 10.1. The van der Waals surface area contributed by atoms with Crippen LogP contribution in [0.5, 0.6) is 0 Å². The summed E-state index contributed by atoms with van der Waals surface area (Å²) in [6, 6.07) is 46.1. The fraction of sp³-hybridized carbons (Fsp3) is 0. The molecule has 0 unspecified atom stereocenters. The normalized spacial score (nSPS) is 11.8. The van der Waals surface area contributed by atoms with Crippen molar-refractivity contribution in [3.05, 3.63) is 133 Å². The molecule has 5 heteroatoms. The molecule has 0 aliphatic rings. The van der Waals surface area contributed by atoms with Gasteiger partial charge in [0.05, 0.1) is 15.8 Å². The summed E-state index contributed by atoms with van der Waals surface area (Å²) in [4.78, 5) is 7.10. The van der Waals surface area contributed by atoms with Crippen LogP contribution in [0.2, 0.25) is 0 Å². The smallest absolute Gasteiger partial charge is 0.227 e. The molecule has 0 spiro atoms. The summed E-state index contributed by atoms with van der Waals surface area (Å²) >= 11 is 1.83. The van der Waals surface area contributed by atoms with Gasteiger partial charge in [-0.2, -0.15) is 0 Å². The van der Waals surface area contributed by atoms with Gasteiger partial charge in [-0.25, -0.2) is 4.98 Å². The van der Waals surface area contributed by atoms with Crippen molar-refractivity contribution >= 4 is 81.6 Å². The minimum absolute atomic E-state index is 0.607. The van der Waals surface area contributed by atoms with Gasteiger partial charge in [0, 0.05) is 43.9 Å². The van der Waals surface area contributed by atoms with Crippen molar-refractivity contribution in [2.24, 2.45) is 0 Å². The molecular weight excluding hydrogens is 536 g/mol. The Hall–Kier alpha value is -5.39. The zero-order valence-corrected chi connectivity index (χ0v) is 23.1. The Morgan fingerprint density at radius 1 is 0.571 bits per heavy atom. The van der Waals surface area contributed by atoms with Gasteiger partial charge in [0.25, 0.3) is 0 Å². The molecule has 0 aliphatic carbocycles. The summed E-state index contributed by atoms with van der Waals surface area (Å²) in [5.41, 5.74) is 7.34. The Kier molecular flexibility index (Phi) is 5.03. The van der Waals surface area contributed by atoms with Gasteiger partial charge in [-0.1, -0.05) is 66.7 Å².